The van der Waals surface area contributed by atoms with Gasteiger partial charge in [0.25, 0.3) is 0 Å². The van der Waals surface area contributed by atoms with Crippen molar-refractivity contribution in [2.45, 2.75) is 11.3 Å². The lowest BCUT2D eigenvalue weighted by atomic mass is 10.2. The monoisotopic (exact) mass is 398 g/mol. The molecule has 0 unspecified atom stereocenters. The number of halogens is 2. The maximum atomic E-state index is 13.1. The average molecular weight is 398 g/mol. The second-order valence-corrected chi connectivity index (χ2v) is 7.11. The fourth-order valence-electron chi connectivity index (χ4n) is 2.07. The minimum atomic E-state index is -4.09. The second kappa shape index (κ2) is 8.56. The van der Waals surface area contributed by atoms with Crippen molar-refractivity contribution in [3.63, 3.8) is 0 Å². The van der Waals surface area contributed by atoms with Crippen molar-refractivity contribution in [3.05, 3.63) is 54.1 Å². The van der Waals surface area contributed by atoms with E-state index in [1.165, 1.54) is 6.07 Å². The molecule has 0 radical (unpaired) electrons. The lowest BCUT2D eigenvalue weighted by Gasteiger charge is -2.09. The minimum Gasteiger partial charge on any atom is -0.351 e. The summed E-state index contributed by atoms with van der Waals surface area (Å²) in [5.74, 6) is -2.96. The van der Waals surface area contributed by atoms with Gasteiger partial charge in [0.1, 0.15) is 0 Å². The average Bonchev–Trinajstić information content (AvgIpc) is 2.56. The zero-order valence-corrected chi connectivity index (χ0v) is 14.6. The molecule has 2 aromatic rings. The Morgan fingerprint density at radius 2 is 1.63 bits per heavy atom. The van der Waals surface area contributed by atoms with Gasteiger partial charge in [-0.1, -0.05) is 6.07 Å². The summed E-state index contributed by atoms with van der Waals surface area (Å²) >= 11 is 0. The van der Waals surface area contributed by atoms with E-state index in [9.17, 15) is 26.8 Å². The van der Waals surface area contributed by atoms with Gasteiger partial charge in [0.05, 0.1) is 4.90 Å². The van der Waals surface area contributed by atoms with Gasteiger partial charge < -0.3 is 16.4 Å². The van der Waals surface area contributed by atoms with Gasteiger partial charge in [0.2, 0.25) is 15.9 Å². The summed E-state index contributed by atoms with van der Waals surface area (Å²) in [6.07, 6.45) is -0.212. The molecule has 0 spiro atoms. The van der Waals surface area contributed by atoms with Crippen molar-refractivity contribution in [1.82, 2.24) is 4.72 Å². The SMILES string of the molecule is NC(=O)Nc1cccc(NC(=O)CCNS(=O)(=O)c2ccc(F)c(F)c2)c1. The standard InChI is InChI=1S/C16H16F2N4O4S/c17-13-5-4-12(9-14(13)18)27(25,26)20-7-6-15(23)21-10-2-1-3-11(8-10)22-16(19)24/h1-5,8-9,20H,6-7H2,(H,21,23)(H3,19,22,24). The molecule has 0 saturated carbocycles. The number of nitrogens with two attached hydrogens (primary N) is 1. The van der Waals surface area contributed by atoms with Crippen LogP contribution < -0.4 is 21.1 Å². The molecule has 0 atom stereocenters. The zero-order valence-electron chi connectivity index (χ0n) is 13.8. The molecule has 0 saturated heterocycles. The Balaban J connectivity index is 1.90. The highest BCUT2D eigenvalue weighted by Crippen LogP contribution is 2.15. The van der Waals surface area contributed by atoms with Gasteiger partial charge in [-0.05, 0) is 36.4 Å². The van der Waals surface area contributed by atoms with Crippen molar-refractivity contribution in [2.75, 3.05) is 17.2 Å². The third-order valence-electron chi connectivity index (χ3n) is 3.26. The number of amides is 3. The molecular formula is C16H16F2N4O4S. The maximum Gasteiger partial charge on any atom is 0.316 e. The smallest absolute Gasteiger partial charge is 0.316 e. The predicted octanol–water partition coefficient (Wildman–Crippen LogP) is 1.76. The molecule has 2 rings (SSSR count). The van der Waals surface area contributed by atoms with Gasteiger partial charge in [-0.3, -0.25) is 4.79 Å². The molecule has 0 fully saturated rings. The van der Waals surface area contributed by atoms with Crippen molar-refractivity contribution in [1.29, 1.82) is 0 Å². The van der Waals surface area contributed by atoms with Crippen LogP contribution in [0.15, 0.2) is 47.4 Å². The topological polar surface area (TPSA) is 130 Å². The van der Waals surface area contributed by atoms with E-state index >= 15 is 0 Å². The van der Waals surface area contributed by atoms with E-state index in [0.717, 1.165) is 6.07 Å². The van der Waals surface area contributed by atoms with Crippen LogP contribution in [-0.2, 0) is 14.8 Å². The number of rotatable bonds is 7. The summed E-state index contributed by atoms with van der Waals surface area (Å²) in [5, 5.41) is 4.87. The van der Waals surface area contributed by atoms with Crippen LogP contribution >= 0.6 is 0 Å². The Kier molecular flexibility index (Phi) is 6.42. The van der Waals surface area contributed by atoms with E-state index < -0.39 is 38.5 Å². The van der Waals surface area contributed by atoms with Gasteiger partial charge in [-0.15, -0.1) is 0 Å². The molecule has 0 aliphatic heterocycles. The lowest BCUT2D eigenvalue weighted by molar-refractivity contribution is -0.116. The van der Waals surface area contributed by atoms with Crippen molar-refractivity contribution in [2.24, 2.45) is 5.73 Å². The van der Waals surface area contributed by atoms with E-state index in [-0.39, 0.29) is 13.0 Å². The van der Waals surface area contributed by atoms with Crippen LogP contribution in [0.4, 0.5) is 25.0 Å². The number of hydrogen-bond donors (Lipinski definition) is 4. The van der Waals surface area contributed by atoms with Crippen LogP contribution in [0.2, 0.25) is 0 Å². The fraction of sp³-hybridized carbons (Fsp3) is 0.125. The quantitative estimate of drug-likeness (QED) is 0.566. The van der Waals surface area contributed by atoms with Crippen LogP contribution in [0.25, 0.3) is 0 Å². The van der Waals surface area contributed by atoms with Crippen LogP contribution in [0.3, 0.4) is 0 Å². The van der Waals surface area contributed by atoms with Gasteiger partial charge in [0.15, 0.2) is 11.6 Å². The van der Waals surface area contributed by atoms with Crippen LogP contribution in [0.1, 0.15) is 6.42 Å². The normalized spacial score (nSPS) is 11.0. The summed E-state index contributed by atoms with van der Waals surface area (Å²) in [7, 11) is -4.09. The largest absolute Gasteiger partial charge is 0.351 e. The highest BCUT2D eigenvalue weighted by Gasteiger charge is 2.16. The minimum absolute atomic E-state index is 0.212. The number of nitrogens with one attached hydrogen (secondary N) is 3. The molecule has 27 heavy (non-hydrogen) atoms. The molecule has 11 heteroatoms. The molecule has 0 aromatic heterocycles. The van der Waals surface area contributed by atoms with Gasteiger partial charge in [0, 0.05) is 24.3 Å². The summed E-state index contributed by atoms with van der Waals surface area (Å²) in [4.78, 5) is 22.3. The first-order valence-electron chi connectivity index (χ1n) is 7.58. The number of carbonyl (C=O) groups is 2. The van der Waals surface area contributed by atoms with E-state index in [0.29, 0.717) is 23.5 Å². The van der Waals surface area contributed by atoms with E-state index in [2.05, 4.69) is 15.4 Å². The van der Waals surface area contributed by atoms with Crippen molar-refractivity contribution in [3.8, 4) is 0 Å². The molecule has 8 nitrogen and oxygen atoms in total. The van der Waals surface area contributed by atoms with Gasteiger partial charge in [-0.2, -0.15) is 0 Å². The first kappa shape index (κ1) is 20.3. The highest BCUT2D eigenvalue weighted by molar-refractivity contribution is 7.89. The van der Waals surface area contributed by atoms with Crippen LogP contribution in [-0.4, -0.2) is 26.9 Å². The lowest BCUT2D eigenvalue weighted by Crippen LogP contribution is -2.28. The summed E-state index contributed by atoms with van der Waals surface area (Å²) < 4.78 is 52.1. The number of hydrogen-bond acceptors (Lipinski definition) is 4. The molecule has 0 heterocycles. The Morgan fingerprint density at radius 1 is 0.963 bits per heavy atom. The third kappa shape index (κ3) is 6.01. The molecular weight excluding hydrogens is 382 g/mol. The molecule has 2 aromatic carbocycles. The second-order valence-electron chi connectivity index (χ2n) is 5.34. The Labute approximate surface area is 153 Å². The number of sulfonamides is 1. The number of urea groups is 1. The maximum absolute atomic E-state index is 13.1. The van der Waals surface area contributed by atoms with Gasteiger partial charge in [-0.25, -0.2) is 26.7 Å². The van der Waals surface area contributed by atoms with E-state index in [4.69, 9.17) is 5.73 Å². The Hall–Kier alpha value is -3.05. The first-order chi connectivity index (χ1) is 12.7. The van der Waals surface area contributed by atoms with E-state index in [1.807, 2.05) is 0 Å². The number of anilines is 2. The van der Waals surface area contributed by atoms with E-state index in [1.54, 1.807) is 18.2 Å². The number of carbonyl (C=O) groups excluding carboxylic acids is 2. The molecule has 0 aliphatic rings. The summed E-state index contributed by atoms with van der Waals surface area (Å²) in [5.41, 5.74) is 5.75. The molecule has 0 aliphatic carbocycles. The fourth-order valence-corrected chi connectivity index (χ4v) is 3.11. The predicted molar refractivity (Wildman–Crippen MR) is 94.4 cm³/mol. The molecule has 5 N–H and O–H groups in total. The van der Waals surface area contributed by atoms with Crippen LogP contribution in [0.5, 0.6) is 0 Å². The third-order valence-corrected chi connectivity index (χ3v) is 4.72. The molecule has 0 bridgehead atoms. The zero-order chi connectivity index (χ0) is 20.0. The Bertz CT molecular complexity index is 967. The van der Waals surface area contributed by atoms with Crippen molar-refractivity contribution < 1.29 is 26.8 Å². The molecule has 3 amide bonds. The van der Waals surface area contributed by atoms with Crippen LogP contribution in [0, 0.1) is 11.6 Å². The summed E-state index contributed by atoms with van der Waals surface area (Å²) in [6, 6.07) is 7.58. The first-order valence-corrected chi connectivity index (χ1v) is 9.07. The summed E-state index contributed by atoms with van der Waals surface area (Å²) in [6.45, 7) is -0.258. The number of primary amides is 1. The van der Waals surface area contributed by atoms with Crippen molar-refractivity contribution >= 4 is 33.3 Å². The number of benzene rings is 2. The Morgan fingerprint density at radius 3 is 2.26 bits per heavy atom. The molecule has 144 valence electrons. The highest BCUT2D eigenvalue weighted by atomic mass is 32.2. The van der Waals surface area contributed by atoms with Gasteiger partial charge >= 0.3 is 6.03 Å².